The molecule has 0 amide bonds. The predicted molar refractivity (Wildman–Crippen MR) is 93.9 cm³/mol. The van der Waals surface area contributed by atoms with Crippen LogP contribution in [0.25, 0.3) is 11.0 Å². The number of aromatic nitrogens is 3. The summed E-state index contributed by atoms with van der Waals surface area (Å²) >= 11 is 6.10. The smallest absolute Gasteiger partial charge is 0.272 e. The zero-order valence-electron chi connectivity index (χ0n) is 15.7. The molecule has 0 aliphatic carbocycles. The number of hydrogen-bond donors (Lipinski definition) is 1. The van der Waals surface area contributed by atoms with Crippen LogP contribution in [0.1, 0.15) is 13.2 Å². The predicted octanol–water partition coefficient (Wildman–Crippen LogP) is 0.934. The van der Waals surface area contributed by atoms with Crippen LogP contribution in [0.5, 0.6) is 0 Å². The first-order valence-electron chi connectivity index (χ1n) is 8.83. The average Bonchev–Trinajstić information content (AvgIpc) is 3.06. The van der Waals surface area contributed by atoms with Gasteiger partial charge >= 0.3 is 0 Å². The molecule has 4 atom stereocenters. The molecule has 3 heterocycles. The molecule has 0 bridgehead atoms. The largest absolute Gasteiger partial charge is 0.437 e. The lowest BCUT2D eigenvalue weighted by Crippen LogP contribution is -2.46. The van der Waals surface area contributed by atoms with Crippen LogP contribution in [0.2, 0.25) is 18.8 Å². The molecular formula is C14H20B2ClN3O4. The van der Waals surface area contributed by atoms with Gasteiger partial charge in [0.25, 0.3) is 14.9 Å². The van der Waals surface area contributed by atoms with Crippen molar-refractivity contribution in [2.75, 3.05) is 6.61 Å². The highest BCUT2D eigenvalue weighted by atomic mass is 35.5. The van der Waals surface area contributed by atoms with Crippen molar-refractivity contribution in [2.24, 2.45) is 0 Å². The third kappa shape index (κ3) is 2.95. The molecule has 1 aliphatic heterocycles. The van der Waals surface area contributed by atoms with E-state index in [0.717, 1.165) is 0 Å². The van der Waals surface area contributed by atoms with Crippen LogP contribution < -0.4 is 0 Å². The quantitative estimate of drug-likeness (QED) is 0.615. The molecule has 0 spiro atoms. The van der Waals surface area contributed by atoms with E-state index in [1.165, 1.54) is 6.33 Å². The highest BCUT2D eigenvalue weighted by Gasteiger charge is 2.54. The van der Waals surface area contributed by atoms with Crippen molar-refractivity contribution >= 4 is 37.5 Å². The van der Waals surface area contributed by atoms with E-state index in [0.29, 0.717) is 16.2 Å². The van der Waals surface area contributed by atoms with Crippen LogP contribution in [0.3, 0.4) is 0 Å². The fraction of sp³-hybridized carbons (Fsp3) is 0.571. The topological polar surface area (TPSA) is 78.6 Å². The van der Waals surface area contributed by atoms with Gasteiger partial charge in [-0.1, -0.05) is 25.2 Å². The summed E-state index contributed by atoms with van der Waals surface area (Å²) in [6.45, 7) is 4.80. The minimum Gasteiger partial charge on any atom is -0.437 e. The summed E-state index contributed by atoms with van der Waals surface area (Å²) in [6, 6.07) is 1.75. The van der Waals surface area contributed by atoms with E-state index in [-0.39, 0.29) is 6.61 Å². The van der Waals surface area contributed by atoms with Gasteiger partial charge < -0.3 is 23.7 Å². The lowest BCUT2D eigenvalue weighted by Gasteiger charge is -2.30. The molecule has 24 heavy (non-hydrogen) atoms. The Bertz CT molecular complexity index is 780. The number of rotatable bonds is 6. The van der Waals surface area contributed by atoms with Crippen LogP contribution in [-0.2, 0) is 14.0 Å². The summed E-state index contributed by atoms with van der Waals surface area (Å²) in [6.07, 6.45) is 0.762. The number of ether oxygens (including phenoxy) is 1. The highest BCUT2D eigenvalue weighted by Crippen LogP contribution is 2.41. The Morgan fingerprint density at radius 3 is 3.00 bits per heavy atom. The molecule has 0 radical (unpaired) electrons. The van der Waals surface area contributed by atoms with Crippen LogP contribution >= 0.6 is 11.6 Å². The molecule has 2 aromatic heterocycles. The standard InChI is InChI=1S/C14H20B2ClN3O4/c1-14(21)10(24-16-3)9(6-22-15-2)23-13(14)20-5-4-8-11(17)18-7-19-12(8)20/h4-5,7,9-10,13,15-16,21H,6H2,1-3H3/t9-,10-,13?,14+/m1/s1/i15D,16D. The maximum absolute atomic E-state index is 11.2. The normalized spacial score (nSPS) is 31.1. The molecule has 0 saturated carbocycles. The van der Waals surface area contributed by atoms with Gasteiger partial charge in [-0.25, -0.2) is 9.97 Å². The van der Waals surface area contributed by atoms with Gasteiger partial charge in [-0.05, 0) is 13.0 Å². The third-order valence-corrected chi connectivity index (χ3v) is 4.44. The van der Waals surface area contributed by atoms with Crippen molar-refractivity contribution in [2.45, 2.75) is 44.6 Å². The minimum atomic E-state index is -1.46. The second-order valence-electron chi connectivity index (χ2n) is 5.74. The van der Waals surface area contributed by atoms with Crippen LogP contribution in [0.15, 0.2) is 18.6 Å². The van der Waals surface area contributed by atoms with Gasteiger partial charge in [0.05, 0.1) is 12.0 Å². The second kappa shape index (κ2) is 7.01. The fourth-order valence-electron chi connectivity index (χ4n) is 3.06. The van der Waals surface area contributed by atoms with E-state index >= 15 is 0 Å². The molecule has 1 saturated heterocycles. The number of nitrogens with zero attached hydrogens (tertiary/aromatic N) is 3. The molecule has 3 rings (SSSR count). The maximum atomic E-state index is 11.2. The van der Waals surface area contributed by atoms with Crippen LogP contribution in [-0.4, -0.2) is 61.6 Å². The minimum absolute atomic E-state index is 0.0592. The number of hydrogen-bond acceptors (Lipinski definition) is 6. The first kappa shape index (κ1) is 15.2. The fourth-order valence-corrected chi connectivity index (χ4v) is 3.25. The summed E-state index contributed by atoms with van der Waals surface area (Å²) in [5.74, 6) is 0. The maximum Gasteiger partial charge on any atom is 0.272 e. The molecule has 10 heteroatoms. The molecular weight excluding hydrogens is 331 g/mol. The van der Waals surface area contributed by atoms with Gasteiger partial charge in [0.2, 0.25) is 0 Å². The average molecular weight is 353 g/mol. The van der Waals surface area contributed by atoms with Crippen molar-refractivity contribution in [1.82, 2.24) is 14.5 Å². The van der Waals surface area contributed by atoms with Crippen molar-refractivity contribution in [3.63, 3.8) is 0 Å². The van der Waals surface area contributed by atoms with Gasteiger partial charge in [-0.15, -0.1) is 0 Å². The van der Waals surface area contributed by atoms with E-state index in [9.17, 15) is 5.11 Å². The zero-order chi connectivity index (χ0) is 19.1. The first-order valence-corrected chi connectivity index (χ1v) is 8.06. The summed E-state index contributed by atoms with van der Waals surface area (Å²) in [5.41, 5.74) is -0.943. The highest BCUT2D eigenvalue weighted by molar-refractivity contribution is 6.33. The molecule has 1 fully saturated rings. The molecule has 0 aromatic carbocycles. The van der Waals surface area contributed by atoms with Crippen molar-refractivity contribution in [1.29, 1.82) is 2.67 Å². The lowest BCUT2D eigenvalue weighted by atomic mass is 9.93. The van der Waals surface area contributed by atoms with Gasteiger partial charge in [0.1, 0.15) is 34.9 Å². The number of aliphatic hydroxyl groups is 1. The Kier molecular flexibility index (Phi) is 4.43. The number of halogens is 1. The van der Waals surface area contributed by atoms with Gasteiger partial charge in [0.15, 0.2) is 6.23 Å². The van der Waals surface area contributed by atoms with Crippen LogP contribution in [0, 0.1) is 0 Å². The summed E-state index contributed by atoms with van der Waals surface area (Å²) in [4.78, 5) is 8.18. The summed E-state index contributed by atoms with van der Waals surface area (Å²) in [7, 11) is -1.60. The Morgan fingerprint density at radius 1 is 1.50 bits per heavy atom. The van der Waals surface area contributed by atoms with Gasteiger partial charge in [0, 0.05) is 8.87 Å². The Hall–Kier alpha value is -1.12. The van der Waals surface area contributed by atoms with Gasteiger partial charge in [-0.2, -0.15) is 0 Å². The molecule has 2 aromatic rings. The molecule has 1 aliphatic rings. The van der Waals surface area contributed by atoms with Crippen molar-refractivity contribution in [3.8, 4) is 0 Å². The third-order valence-electron chi connectivity index (χ3n) is 4.14. The Balaban J connectivity index is 1.96. The van der Waals surface area contributed by atoms with E-state index in [1.807, 2.05) is 0 Å². The monoisotopic (exact) mass is 353 g/mol. The van der Waals surface area contributed by atoms with Crippen molar-refractivity contribution < 1.29 is 19.2 Å². The summed E-state index contributed by atoms with van der Waals surface area (Å²) < 4.78 is 33.9. The SMILES string of the molecule is [2H]B(C)OC[C@H]1OC(n2ccc3c(Cl)ncnc32)[C@@](C)(O)[C@@H]1OB([2H])C. The van der Waals surface area contributed by atoms with E-state index in [2.05, 4.69) is 9.97 Å². The lowest BCUT2D eigenvalue weighted by molar-refractivity contribution is -0.0915. The van der Waals surface area contributed by atoms with Crippen molar-refractivity contribution in [3.05, 3.63) is 23.7 Å². The van der Waals surface area contributed by atoms with Crippen LogP contribution in [0.4, 0.5) is 0 Å². The molecule has 1 N–H and O–H groups in total. The summed E-state index contributed by atoms with van der Waals surface area (Å²) in [5, 5.41) is 12.1. The Morgan fingerprint density at radius 2 is 2.29 bits per heavy atom. The zero-order valence-corrected chi connectivity index (χ0v) is 14.5. The first-order chi connectivity index (χ1) is 12.2. The molecule has 128 valence electrons. The van der Waals surface area contributed by atoms with E-state index < -0.39 is 38.9 Å². The van der Waals surface area contributed by atoms with E-state index in [1.54, 1.807) is 37.4 Å². The number of fused-ring (bicyclic) bond motifs is 1. The molecule has 7 nitrogen and oxygen atoms in total. The molecule has 1 unspecified atom stereocenters. The second-order valence-corrected chi connectivity index (χ2v) is 6.10. The van der Waals surface area contributed by atoms with Gasteiger partial charge in [-0.3, -0.25) is 0 Å². The van der Waals surface area contributed by atoms with E-state index in [4.69, 9.17) is 28.3 Å². The Labute approximate surface area is 149 Å².